The molecule has 1 aromatic rings. The summed E-state index contributed by atoms with van der Waals surface area (Å²) in [5, 5.41) is 9.94. The van der Waals surface area contributed by atoms with Crippen LogP contribution in [-0.2, 0) is 16.6 Å². The van der Waals surface area contributed by atoms with Gasteiger partial charge in [0.1, 0.15) is 6.04 Å². The Hall–Kier alpha value is -1.11. The summed E-state index contributed by atoms with van der Waals surface area (Å²) < 4.78 is 7.17. The van der Waals surface area contributed by atoms with Crippen molar-refractivity contribution in [1.82, 2.24) is 20.4 Å². The second-order valence-electron chi connectivity index (χ2n) is 4.98. The van der Waals surface area contributed by atoms with E-state index in [-0.39, 0.29) is 24.4 Å². The molecule has 1 saturated carbocycles. The summed E-state index contributed by atoms with van der Waals surface area (Å²) in [6.07, 6.45) is 6.11. The van der Waals surface area contributed by atoms with E-state index < -0.39 is 0 Å². The quantitative estimate of drug-likeness (QED) is 0.692. The van der Waals surface area contributed by atoms with Crippen molar-refractivity contribution in [2.45, 2.75) is 18.9 Å². The zero-order valence-corrected chi connectivity index (χ0v) is 12.8. The molecule has 2 N–H and O–H groups in total. The molecule has 1 amide bonds. The Morgan fingerprint density at radius 3 is 2.90 bits per heavy atom. The molecule has 1 atom stereocenters. The van der Waals surface area contributed by atoms with Gasteiger partial charge in [-0.05, 0) is 25.8 Å². The zero-order chi connectivity index (χ0) is 13.7. The Morgan fingerprint density at radius 1 is 1.60 bits per heavy atom. The smallest absolute Gasteiger partial charge is 0.241 e. The Labute approximate surface area is 125 Å². The number of carbonyl (C=O) groups excluding carboxylic acids is 1. The Bertz CT molecular complexity index is 420. The van der Waals surface area contributed by atoms with Gasteiger partial charge in [0, 0.05) is 32.0 Å². The van der Waals surface area contributed by atoms with E-state index in [1.54, 1.807) is 17.9 Å². The average Bonchev–Trinajstić information content (AvgIpc) is 3.12. The van der Waals surface area contributed by atoms with E-state index in [2.05, 4.69) is 15.7 Å². The molecule has 114 valence electrons. The molecular weight excluding hydrogens is 280 g/mol. The van der Waals surface area contributed by atoms with E-state index in [1.165, 1.54) is 12.8 Å². The minimum absolute atomic E-state index is 0. The normalized spacial score (nSPS) is 15.5. The summed E-state index contributed by atoms with van der Waals surface area (Å²) in [7, 11) is 3.60. The molecule has 1 unspecified atom stereocenters. The van der Waals surface area contributed by atoms with Crippen LogP contribution in [0.5, 0.6) is 0 Å². The summed E-state index contributed by atoms with van der Waals surface area (Å²) in [6.45, 7) is 1.95. The van der Waals surface area contributed by atoms with Crippen LogP contribution >= 0.6 is 12.4 Å². The number of carbonyl (C=O) groups is 1. The first kappa shape index (κ1) is 16.9. The first-order chi connectivity index (χ1) is 9.20. The zero-order valence-electron chi connectivity index (χ0n) is 12.0. The van der Waals surface area contributed by atoms with Crippen molar-refractivity contribution in [2.75, 3.05) is 26.8 Å². The Morgan fingerprint density at radius 2 is 2.35 bits per heavy atom. The molecule has 1 fully saturated rings. The fraction of sp³-hybridized carbons (Fsp3) is 0.692. The highest BCUT2D eigenvalue weighted by Gasteiger charge is 2.21. The van der Waals surface area contributed by atoms with Crippen molar-refractivity contribution in [1.29, 1.82) is 0 Å². The van der Waals surface area contributed by atoms with Crippen LogP contribution in [0.25, 0.3) is 0 Å². The lowest BCUT2D eigenvalue weighted by atomic mass is 10.1. The summed E-state index contributed by atoms with van der Waals surface area (Å²) in [5.74, 6) is 0.710. The molecule has 2 rings (SSSR count). The Balaban J connectivity index is 0.00000200. The predicted octanol–water partition coefficient (Wildman–Crippen LogP) is 0.645. The topological polar surface area (TPSA) is 68.2 Å². The molecule has 1 aliphatic rings. The molecule has 1 aromatic heterocycles. The van der Waals surface area contributed by atoms with Crippen LogP contribution in [-0.4, -0.2) is 42.5 Å². The van der Waals surface area contributed by atoms with Crippen molar-refractivity contribution >= 4 is 18.3 Å². The predicted molar refractivity (Wildman–Crippen MR) is 78.8 cm³/mol. The highest BCUT2D eigenvalue weighted by atomic mass is 35.5. The number of rotatable bonds is 8. The summed E-state index contributed by atoms with van der Waals surface area (Å²) in [4.78, 5) is 12.0. The second-order valence-corrected chi connectivity index (χ2v) is 4.98. The third-order valence-corrected chi connectivity index (χ3v) is 3.21. The maximum Gasteiger partial charge on any atom is 0.241 e. The number of aromatic nitrogens is 2. The Kier molecular flexibility index (Phi) is 6.98. The van der Waals surface area contributed by atoms with Crippen LogP contribution in [0.15, 0.2) is 12.4 Å². The number of halogens is 1. The number of hydrogen-bond acceptors (Lipinski definition) is 4. The van der Waals surface area contributed by atoms with Gasteiger partial charge in [-0.15, -0.1) is 12.4 Å². The number of likely N-dealkylation sites (N-methyl/N-ethyl adjacent to an activating group) is 1. The van der Waals surface area contributed by atoms with E-state index in [0.717, 1.165) is 18.1 Å². The van der Waals surface area contributed by atoms with Crippen molar-refractivity contribution in [3.05, 3.63) is 18.0 Å². The van der Waals surface area contributed by atoms with Gasteiger partial charge in [0.2, 0.25) is 5.91 Å². The largest absolute Gasteiger partial charge is 0.379 e. The molecule has 0 aromatic carbocycles. The van der Waals surface area contributed by atoms with Gasteiger partial charge < -0.3 is 15.4 Å². The van der Waals surface area contributed by atoms with E-state index >= 15 is 0 Å². The standard InChI is InChI=1S/C13H22N4O2.ClH/c1-14-12(11-7-16-17(2)8-11)13(18)15-5-6-19-9-10-3-4-10;/h7-8,10,12,14H,3-6,9H2,1-2H3,(H,15,18);1H. The van der Waals surface area contributed by atoms with Crippen molar-refractivity contribution in [2.24, 2.45) is 13.0 Å². The molecule has 1 heterocycles. The van der Waals surface area contributed by atoms with Crippen molar-refractivity contribution in [3.63, 3.8) is 0 Å². The van der Waals surface area contributed by atoms with Crippen LogP contribution in [0.4, 0.5) is 0 Å². The lowest BCUT2D eigenvalue weighted by Crippen LogP contribution is -2.37. The number of ether oxygens (including phenoxy) is 1. The minimum Gasteiger partial charge on any atom is -0.379 e. The van der Waals surface area contributed by atoms with Crippen molar-refractivity contribution < 1.29 is 9.53 Å². The van der Waals surface area contributed by atoms with Gasteiger partial charge >= 0.3 is 0 Å². The minimum atomic E-state index is -0.364. The molecule has 0 aliphatic heterocycles. The van der Waals surface area contributed by atoms with Crippen LogP contribution in [0.3, 0.4) is 0 Å². The third-order valence-electron chi connectivity index (χ3n) is 3.21. The lowest BCUT2D eigenvalue weighted by molar-refractivity contribution is -0.123. The molecule has 0 radical (unpaired) electrons. The van der Waals surface area contributed by atoms with E-state index in [0.29, 0.717) is 13.2 Å². The molecule has 6 nitrogen and oxygen atoms in total. The van der Waals surface area contributed by atoms with Crippen LogP contribution in [0, 0.1) is 5.92 Å². The van der Waals surface area contributed by atoms with Gasteiger partial charge in [0.05, 0.1) is 12.8 Å². The van der Waals surface area contributed by atoms with Gasteiger partial charge in [-0.1, -0.05) is 0 Å². The first-order valence-electron chi connectivity index (χ1n) is 6.72. The molecule has 0 spiro atoms. The fourth-order valence-electron chi connectivity index (χ4n) is 1.92. The van der Waals surface area contributed by atoms with Gasteiger partial charge in [0.25, 0.3) is 0 Å². The molecule has 20 heavy (non-hydrogen) atoms. The number of aryl methyl sites for hydroxylation is 1. The van der Waals surface area contributed by atoms with Gasteiger partial charge in [0.15, 0.2) is 0 Å². The third kappa shape index (κ3) is 5.11. The van der Waals surface area contributed by atoms with Gasteiger partial charge in [-0.25, -0.2) is 0 Å². The maximum atomic E-state index is 12.0. The second kappa shape index (κ2) is 8.24. The van der Waals surface area contributed by atoms with E-state index in [4.69, 9.17) is 4.74 Å². The first-order valence-corrected chi connectivity index (χ1v) is 6.72. The number of amides is 1. The van der Waals surface area contributed by atoms with Crippen LogP contribution < -0.4 is 10.6 Å². The molecular formula is C13H23ClN4O2. The maximum absolute atomic E-state index is 12.0. The number of nitrogens with one attached hydrogen (secondary N) is 2. The molecule has 7 heteroatoms. The van der Waals surface area contributed by atoms with E-state index in [9.17, 15) is 4.79 Å². The monoisotopic (exact) mass is 302 g/mol. The summed E-state index contributed by atoms with van der Waals surface area (Å²) >= 11 is 0. The number of nitrogens with zero attached hydrogens (tertiary/aromatic N) is 2. The highest BCUT2D eigenvalue weighted by Crippen LogP contribution is 2.28. The molecule has 0 saturated heterocycles. The SMILES string of the molecule is CNC(C(=O)NCCOCC1CC1)c1cnn(C)c1.Cl. The lowest BCUT2D eigenvalue weighted by Gasteiger charge is -2.14. The van der Waals surface area contributed by atoms with E-state index in [1.807, 2.05) is 13.2 Å². The highest BCUT2D eigenvalue weighted by molar-refractivity contribution is 5.85. The van der Waals surface area contributed by atoms with Gasteiger partial charge in [-0.2, -0.15) is 5.10 Å². The number of hydrogen-bond donors (Lipinski definition) is 2. The summed E-state index contributed by atoms with van der Waals surface area (Å²) in [6, 6.07) is -0.364. The van der Waals surface area contributed by atoms with Crippen LogP contribution in [0.2, 0.25) is 0 Å². The molecule has 0 bridgehead atoms. The van der Waals surface area contributed by atoms with Crippen molar-refractivity contribution in [3.8, 4) is 0 Å². The van der Waals surface area contributed by atoms with Crippen LogP contribution in [0.1, 0.15) is 24.4 Å². The molecule has 1 aliphatic carbocycles. The average molecular weight is 303 g/mol. The fourth-order valence-corrected chi connectivity index (χ4v) is 1.92. The summed E-state index contributed by atoms with van der Waals surface area (Å²) in [5.41, 5.74) is 0.862. The van der Waals surface area contributed by atoms with Gasteiger partial charge in [-0.3, -0.25) is 9.48 Å².